The second-order valence-corrected chi connectivity index (χ2v) is 7.95. The number of hydrogen-bond acceptors (Lipinski definition) is 5. The van der Waals surface area contributed by atoms with Crippen LogP contribution in [0.1, 0.15) is 59.9 Å². The summed E-state index contributed by atoms with van der Waals surface area (Å²) in [5.41, 5.74) is 1.55. The molecule has 5 rings (SSSR count). The van der Waals surface area contributed by atoms with Gasteiger partial charge in [0, 0.05) is 50.1 Å². The molecule has 0 atom stereocenters. The molecule has 0 aromatic carbocycles. The molecule has 26 heavy (non-hydrogen) atoms. The van der Waals surface area contributed by atoms with Gasteiger partial charge in [-0.1, -0.05) is 0 Å². The van der Waals surface area contributed by atoms with Crippen molar-refractivity contribution in [1.29, 1.82) is 0 Å². The molecule has 2 aliphatic carbocycles. The van der Waals surface area contributed by atoms with Crippen molar-refractivity contribution in [3.8, 4) is 0 Å². The van der Waals surface area contributed by atoms with Gasteiger partial charge in [-0.2, -0.15) is 0 Å². The van der Waals surface area contributed by atoms with Crippen molar-refractivity contribution in [3.63, 3.8) is 0 Å². The van der Waals surface area contributed by atoms with Crippen molar-refractivity contribution in [3.05, 3.63) is 17.1 Å². The number of nitrogens with zero attached hydrogens (tertiary/aromatic N) is 4. The van der Waals surface area contributed by atoms with E-state index in [1.165, 1.54) is 0 Å². The van der Waals surface area contributed by atoms with Gasteiger partial charge in [0.05, 0.1) is 0 Å². The molecule has 7 heteroatoms. The fourth-order valence-electron chi connectivity index (χ4n) is 4.02. The fourth-order valence-corrected chi connectivity index (χ4v) is 4.02. The van der Waals surface area contributed by atoms with Gasteiger partial charge >= 0.3 is 0 Å². The minimum atomic E-state index is -0.0721. The Hall–Kier alpha value is -2.18. The lowest BCUT2D eigenvalue weighted by Crippen LogP contribution is -2.38. The maximum absolute atomic E-state index is 12.4. The van der Waals surface area contributed by atoms with Crippen LogP contribution in [0.15, 0.2) is 0 Å². The van der Waals surface area contributed by atoms with E-state index in [1.807, 2.05) is 4.90 Å². The van der Waals surface area contributed by atoms with Crippen molar-refractivity contribution in [2.75, 3.05) is 37.6 Å². The van der Waals surface area contributed by atoms with Gasteiger partial charge in [-0.15, -0.1) is 0 Å². The van der Waals surface area contributed by atoms with Crippen LogP contribution in [-0.4, -0.2) is 59.4 Å². The van der Waals surface area contributed by atoms with Crippen LogP contribution in [0.4, 0.5) is 5.82 Å². The van der Waals surface area contributed by atoms with Gasteiger partial charge in [-0.05, 0) is 38.5 Å². The third-order valence-electron chi connectivity index (χ3n) is 5.85. The van der Waals surface area contributed by atoms with Crippen molar-refractivity contribution >= 4 is 17.6 Å². The summed E-state index contributed by atoms with van der Waals surface area (Å²) in [6.45, 7) is 3.89. The summed E-state index contributed by atoms with van der Waals surface area (Å²) < 4.78 is 0. The summed E-state index contributed by atoms with van der Waals surface area (Å²) in [7, 11) is 0. The van der Waals surface area contributed by atoms with Gasteiger partial charge in [0.1, 0.15) is 17.3 Å². The molecule has 4 aliphatic rings. The molecule has 2 amide bonds. The van der Waals surface area contributed by atoms with Crippen LogP contribution in [0.5, 0.6) is 0 Å². The highest BCUT2D eigenvalue weighted by atomic mass is 16.2. The van der Waals surface area contributed by atoms with Crippen molar-refractivity contribution in [2.24, 2.45) is 5.92 Å². The first-order chi connectivity index (χ1) is 12.7. The summed E-state index contributed by atoms with van der Waals surface area (Å²) in [5, 5.41) is 2.91. The molecule has 1 aromatic rings. The second-order valence-electron chi connectivity index (χ2n) is 7.95. The minimum absolute atomic E-state index is 0.0721. The number of amides is 2. The lowest BCUT2D eigenvalue weighted by molar-refractivity contribution is -0.132. The van der Waals surface area contributed by atoms with Crippen LogP contribution in [0.25, 0.3) is 0 Å². The summed E-state index contributed by atoms with van der Waals surface area (Å²) in [4.78, 5) is 38.5. The molecule has 2 saturated carbocycles. The van der Waals surface area contributed by atoms with Crippen LogP contribution in [0.3, 0.4) is 0 Å². The third-order valence-corrected chi connectivity index (χ3v) is 5.85. The van der Waals surface area contributed by atoms with E-state index in [0.717, 1.165) is 81.9 Å². The number of fused-ring (bicyclic) bond motifs is 1. The van der Waals surface area contributed by atoms with Gasteiger partial charge in [-0.25, -0.2) is 9.97 Å². The molecule has 3 heterocycles. The minimum Gasteiger partial charge on any atom is -0.354 e. The normalized spacial score (nSPS) is 23.3. The third kappa shape index (κ3) is 2.93. The molecule has 3 fully saturated rings. The number of aromatic nitrogens is 2. The highest BCUT2D eigenvalue weighted by Crippen LogP contribution is 2.40. The van der Waals surface area contributed by atoms with Crippen LogP contribution in [-0.2, 0) is 11.2 Å². The predicted molar refractivity (Wildman–Crippen MR) is 96.2 cm³/mol. The topological polar surface area (TPSA) is 78.4 Å². The fraction of sp³-hybridized carbons (Fsp3) is 0.684. The lowest BCUT2D eigenvalue weighted by Gasteiger charge is -2.28. The molecule has 0 radical (unpaired) electrons. The number of anilines is 1. The predicted octanol–water partition coefficient (Wildman–Crippen LogP) is 1.09. The van der Waals surface area contributed by atoms with E-state index in [0.29, 0.717) is 24.1 Å². The molecule has 0 unspecified atom stereocenters. The van der Waals surface area contributed by atoms with Crippen LogP contribution in [0, 0.1) is 5.92 Å². The first kappa shape index (κ1) is 16.0. The number of carbonyl (C=O) groups is 2. The molecule has 138 valence electrons. The molecule has 0 bridgehead atoms. The quantitative estimate of drug-likeness (QED) is 0.878. The molecule has 2 aliphatic heterocycles. The summed E-state index contributed by atoms with van der Waals surface area (Å²) >= 11 is 0. The maximum atomic E-state index is 12.4. The Morgan fingerprint density at radius 1 is 1.04 bits per heavy atom. The standard InChI is InChI=1S/C19H25N5O2/c25-18-15-14(6-7-20-18)17(22-16(21-15)12-2-3-12)23-8-1-9-24(11-10-23)19(26)13-4-5-13/h12-13H,1-11H2,(H,20,25). The number of carbonyl (C=O) groups excluding carboxylic acids is 2. The molecule has 7 nitrogen and oxygen atoms in total. The van der Waals surface area contributed by atoms with E-state index >= 15 is 0 Å². The Labute approximate surface area is 153 Å². The van der Waals surface area contributed by atoms with Crippen LogP contribution in [0.2, 0.25) is 0 Å². The van der Waals surface area contributed by atoms with Gasteiger partial charge in [-0.3, -0.25) is 9.59 Å². The van der Waals surface area contributed by atoms with Crippen molar-refractivity contribution in [2.45, 2.75) is 44.4 Å². The van der Waals surface area contributed by atoms with Crippen LogP contribution < -0.4 is 10.2 Å². The molecule has 1 saturated heterocycles. The van der Waals surface area contributed by atoms with Crippen molar-refractivity contribution in [1.82, 2.24) is 20.2 Å². The van der Waals surface area contributed by atoms with Crippen molar-refractivity contribution < 1.29 is 9.59 Å². The number of rotatable bonds is 3. The maximum Gasteiger partial charge on any atom is 0.270 e. The lowest BCUT2D eigenvalue weighted by atomic mass is 10.1. The van der Waals surface area contributed by atoms with Crippen LogP contribution >= 0.6 is 0 Å². The van der Waals surface area contributed by atoms with Gasteiger partial charge in [0.15, 0.2) is 0 Å². The van der Waals surface area contributed by atoms with E-state index < -0.39 is 0 Å². The Bertz CT molecular complexity index is 757. The Balaban J connectivity index is 1.43. The number of nitrogens with one attached hydrogen (secondary N) is 1. The molecule has 1 aromatic heterocycles. The average Bonchev–Trinajstić information content (AvgIpc) is 3.51. The van der Waals surface area contributed by atoms with E-state index in [4.69, 9.17) is 4.98 Å². The molecule has 0 spiro atoms. The van der Waals surface area contributed by atoms with E-state index in [1.54, 1.807) is 0 Å². The first-order valence-corrected chi connectivity index (χ1v) is 9.93. The highest BCUT2D eigenvalue weighted by molar-refractivity contribution is 5.96. The Morgan fingerprint density at radius 2 is 1.88 bits per heavy atom. The largest absolute Gasteiger partial charge is 0.354 e. The van der Waals surface area contributed by atoms with E-state index in [-0.39, 0.29) is 11.8 Å². The Kier molecular flexibility index (Phi) is 3.83. The average molecular weight is 355 g/mol. The van der Waals surface area contributed by atoms with Gasteiger partial charge in [0.2, 0.25) is 5.91 Å². The summed E-state index contributed by atoms with van der Waals surface area (Å²) in [5.74, 6) is 2.71. The first-order valence-electron chi connectivity index (χ1n) is 9.93. The number of hydrogen-bond donors (Lipinski definition) is 1. The monoisotopic (exact) mass is 355 g/mol. The van der Waals surface area contributed by atoms with E-state index in [2.05, 4.69) is 15.2 Å². The molecular formula is C19H25N5O2. The smallest absolute Gasteiger partial charge is 0.270 e. The molecule has 1 N–H and O–H groups in total. The summed E-state index contributed by atoms with van der Waals surface area (Å²) in [6, 6.07) is 0. The SMILES string of the molecule is O=C1NCCc2c1nc(C1CC1)nc2N1CCCN(C(=O)C2CC2)CC1. The zero-order chi connectivity index (χ0) is 17.7. The highest BCUT2D eigenvalue weighted by Gasteiger charge is 2.35. The van der Waals surface area contributed by atoms with Gasteiger partial charge < -0.3 is 15.1 Å². The Morgan fingerprint density at radius 3 is 2.65 bits per heavy atom. The van der Waals surface area contributed by atoms with E-state index in [9.17, 15) is 9.59 Å². The molecular weight excluding hydrogens is 330 g/mol. The van der Waals surface area contributed by atoms with Gasteiger partial charge in [0.25, 0.3) is 5.91 Å². The zero-order valence-electron chi connectivity index (χ0n) is 15.0. The second kappa shape index (κ2) is 6.21. The summed E-state index contributed by atoms with van der Waals surface area (Å²) in [6.07, 6.45) is 6.06. The zero-order valence-corrected chi connectivity index (χ0v) is 15.0.